The molecule has 0 aromatic heterocycles. The molecular formula is C21H26N2O3S. The van der Waals surface area contributed by atoms with Crippen LogP contribution in [0.15, 0.2) is 47.4 Å². The molecule has 1 N–H and O–H groups in total. The van der Waals surface area contributed by atoms with E-state index in [0.29, 0.717) is 24.3 Å². The number of benzene rings is 2. The van der Waals surface area contributed by atoms with E-state index in [-0.39, 0.29) is 18.4 Å². The fraction of sp³-hybridized carbons (Fsp3) is 0.381. The Morgan fingerprint density at radius 2 is 1.81 bits per heavy atom. The lowest BCUT2D eigenvalue weighted by atomic mass is 9.98. The molecule has 1 heterocycles. The van der Waals surface area contributed by atoms with Gasteiger partial charge in [0.1, 0.15) is 0 Å². The molecule has 0 aliphatic carbocycles. The SMILES string of the molecule is Cc1ccc(C)c(S(=O)(=O)N2CCC[C@H](C(=O)Nc3ccccc3C)C2)c1. The lowest BCUT2D eigenvalue weighted by Gasteiger charge is -2.31. The van der Waals surface area contributed by atoms with Crippen LogP contribution in [0.3, 0.4) is 0 Å². The fourth-order valence-electron chi connectivity index (χ4n) is 3.45. The number of sulfonamides is 1. The first-order valence-corrected chi connectivity index (χ1v) is 10.7. The maximum atomic E-state index is 13.1. The zero-order valence-electron chi connectivity index (χ0n) is 16.0. The number of nitrogens with zero attached hydrogens (tertiary/aromatic N) is 1. The van der Waals surface area contributed by atoms with Crippen LogP contribution in [0.25, 0.3) is 0 Å². The number of nitrogens with one attached hydrogen (secondary N) is 1. The number of carbonyl (C=O) groups is 1. The Hall–Kier alpha value is -2.18. The van der Waals surface area contributed by atoms with E-state index in [2.05, 4.69) is 5.32 Å². The summed E-state index contributed by atoms with van der Waals surface area (Å²) in [5, 5.41) is 2.95. The van der Waals surface area contributed by atoms with E-state index in [0.717, 1.165) is 22.4 Å². The molecule has 1 atom stereocenters. The maximum absolute atomic E-state index is 13.1. The van der Waals surface area contributed by atoms with Crippen LogP contribution in [-0.2, 0) is 14.8 Å². The Kier molecular flexibility index (Phi) is 5.67. The van der Waals surface area contributed by atoms with Crippen LogP contribution in [0, 0.1) is 26.7 Å². The van der Waals surface area contributed by atoms with E-state index in [1.165, 1.54) is 4.31 Å². The molecule has 0 spiro atoms. The third-order valence-corrected chi connectivity index (χ3v) is 7.13. The summed E-state index contributed by atoms with van der Waals surface area (Å²) in [6.45, 7) is 6.29. The van der Waals surface area contributed by atoms with Gasteiger partial charge in [-0.15, -0.1) is 0 Å². The van der Waals surface area contributed by atoms with Crippen molar-refractivity contribution in [2.45, 2.75) is 38.5 Å². The number of hydrogen-bond donors (Lipinski definition) is 1. The van der Waals surface area contributed by atoms with Gasteiger partial charge in [-0.2, -0.15) is 4.31 Å². The van der Waals surface area contributed by atoms with Gasteiger partial charge in [-0.05, 0) is 62.4 Å². The summed E-state index contributed by atoms with van der Waals surface area (Å²) in [5.41, 5.74) is 3.40. The van der Waals surface area contributed by atoms with Crippen LogP contribution in [0.1, 0.15) is 29.5 Å². The van der Waals surface area contributed by atoms with Gasteiger partial charge in [0, 0.05) is 18.8 Å². The topological polar surface area (TPSA) is 66.5 Å². The number of para-hydroxylation sites is 1. The molecule has 0 radical (unpaired) electrons. The second-order valence-electron chi connectivity index (χ2n) is 7.28. The normalized spacial score (nSPS) is 18.3. The minimum absolute atomic E-state index is 0.120. The van der Waals surface area contributed by atoms with Crippen LogP contribution >= 0.6 is 0 Å². The van der Waals surface area contributed by atoms with Gasteiger partial charge in [0.05, 0.1) is 10.8 Å². The van der Waals surface area contributed by atoms with Crippen molar-refractivity contribution in [2.24, 2.45) is 5.92 Å². The Balaban J connectivity index is 1.78. The average molecular weight is 387 g/mol. The van der Waals surface area contributed by atoms with Crippen molar-refractivity contribution in [3.63, 3.8) is 0 Å². The molecular weight excluding hydrogens is 360 g/mol. The van der Waals surface area contributed by atoms with E-state index in [4.69, 9.17) is 0 Å². The summed E-state index contributed by atoms with van der Waals surface area (Å²) in [6, 6.07) is 13.0. The first-order valence-electron chi connectivity index (χ1n) is 9.23. The van der Waals surface area contributed by atoms with Crippen LogP contribution in [0.5, 0.6) is 0 Å². The van der Waals surface area contributed by atoms with Gasteiger partial charge in [0.2, 0.25) is 15.9 Å². The van der Waals surface area contributed by atoms with Crippen molar-refractivity contribution in [3.8, 4) is 0 Å². The number of carbonyl (C=O) groups excluding carboxylic acids is 1. The van der Waals surface area contributed by atoms with Gasteiger partial charge in [0.15, 0.2) is 0 Å². The Labute approximate surface area is 161 Å². The lowest BCUT2D eigenvalue weighted by Crippen LogP contribution is -2.43. The van der Waals surface area contributed by atoms with Crippen molar-refractivity contribution in [3.05, 3.63) is 59.2 Å². The van der Waals surface area contributed by atoms with Gasteiger partial charge in [0.25, 0.3) is 0 Å². The molecule has 6 heteroatoms. The summed E-state index contributed by atoms with van der Waals surface area (Å²) >= 11 is 0. The number of amides is 1. The summed E-state index contributed by atoms with van der Waals surface area (Å²) in [4.78, 5) is 13.1. The number of hydrogen-bond acceptors (Lipinski definition) is 3. The number of anilines is 1. The number of piperidine rings is 1. The van der Waals surface area contributed by atoms with E-state index < -0.39 is 10.0 Å². The van der Waals surface area contributed by atoms with Crippen molar-refractivity contribution < 1.29 is 13.2 Å². The highest BCUT2D eigenvalue weighted by molar-refractivity contribution is 7.89. The average Bonchev–Trinajstić information content (AvgIpc) is 2.65. The molecule has 2 aromatic carbocycles. The fourth-order valence-corrected chi connectivity index (χ4v) is 5.28. The minimum atomic E-state index is -3.61. The van der Waals surface area contributed by atoms with Gasteiger partial charge in [-0.1, -0.05) is 30.3 Å². The third kappa shape index (κ3) is 4.22. The molecule has 27 heavy (non-hydrogen) atoms. The summed E-state index contributed by atoms with van der Waals surface area (Å²) in [7, 11) is -3.61. The van der Waals surface area contributed by atoms with E-state index in [1.807, 2.05) is 50.2 Å². The largest absolute Gasteiger partial charge is 0.326 e. The molecule has 1 fully saturated rings. The minimum Gasteiger partial charge on any atom is -0.326 e. The first kappa shape index (κ1) is 19.6. The van der Waals surface area contributed by atoms with Gasteiger partial charge in [-0.25, -0.2) is 8.42 Å². The van der Waals surface area contributed by atoms with E-state index in [1.54, 1.807) is 13.0 Å². The standard InChI is InChI=1S/C21H26N2O3S/c1-15-10-11-17(3)20(13-15)27(25,26)23-12-6-8-18(14-23)21(24)22-19-9-5-4-7-16(19)2/h4-5,7,9-11,13,18H,6,8,12,14H2,1-3H3,(H,22,24)/t18-/m0/s1. The van der Waals surface area contributed by atoms with Gasteiger partial charge >= 0.3 is 0 Å². The Morgan fingerprint density at radius 3 is 2.56 bits per heavy atom. The highest BCUT2D eigenvalue weighted by atomic mass is 32.2. The van der Waals surface area contributed by atoms with Crippen LogP contribution in [0.2, 0.25) is 0 Å². The molecule has 1 saturated heterocycles. The zero-order chi connectivity index (χ0) is 19.6. The van der Waals surface area contributed by atoms with Crippen molar-refractivity contribution >= 4 is 21.6 Å². The van der Waals surface area contributed by atoms with Gasteiger partial charge in [-0.3, -0.25) is 4.79 Å². The lowest BCUT2D eigenvalue weighted by molar-refractivity contribution is -0.120. The highest BCUT2D eigenvalue weighted by Gasteiger charge is 2.34. The third-order valence-electron chi connectivity index (χ3n) is 5.12. The highest BCUT2D eigenvalue weighted by Crippen LogP contribution is 2.27. The van der Waals surface area contributed by atoms with Crippen molar-refractivity contribution in [2.75, 3.05) is 18.4 Å². The predicted octanol–water partition coefficient (Wildman–Crippen LogP) is 3.65. The molecule has 1 amide bonds. The summed E-state index contributed by atoms with van der Waals surface area (Å²) in [5.74, 6) is -0.469. The van der Waals surface area contributed by atoms with Crippen LogP contribution in [-0.4, -0.2) is 31.7 Å². The molecule has 3 rings (SSSR count). The van der Waals surface area contributed by atoms with Crippen LogP contribution in [0.4, 0.5) is 5.69 Å². The number of aryl methyl sites for hydroxylation is 3. The molecule has 1 aliphatic rings. The quantitative estimate of drug-likeness (QED) is 0.872. The molecule has 2 aromatic rings. The molecule has 5 nitrogen and oxygen atoms in total. The van der Waals surface area contributed by atoms with Crippen LogP contribution < -0.4 is 5.32 Å². The molecule has 144 valence electrons. The monoisotopic (exact) mass is 386 g/mol. The first-order chi connectivity index (χ1) is 12.8. The van der Waals surface area contributed by atoms with E-state index >= 15 is 0 Å². The van der Waals surface area contributed by atoms with Crippen molar-refractivity contribution in [1.82, 2.24) is 4.31 Å². The Morgan fingerprint density at radius 1 is 1.07 bits per heavy atom. The molecule has 0 bridgehead atoms. The second-order valence-corrected chi connectivity index (χ2v) is 9.18. The second kappa shape index (κ2) is 7.82. The maximum Gasteiger partial charge on any atom is 0.243 e. The molecule has 0 saturated carbocycles. The summed E-state index contributed by atoms with van der Waals surface area (Å²) < 4.78 is 27.7. The smallest absolute Gasteiger partial charge is 0.243 e. The molecule has 0 unspecified atom stereocenters. The van der Waals surface area contributed by atoms with E-state index in [9.17, 15) is 13.2 Å². The molecule has 1 aliphatic heterocycles. The summed E-state index contributed by atoms with van der Waals surface area (Å²) in [6.07, 6.45) is 1.37. The zero-order valence-corrected chi connectivity index (χ0v) is 16.8. The van der Waals surface area contributed by atoms with Gasteiger partial charge < -0.3 is 5.32 Å². The van der Waals surface area contributed by atoms with Crippen molar-refractivity contribution in [1.29, 1.82) is 0 Å². The predicted molar refractivity (Wildman–Crippen MR) is 107 cm³/mol. The number of rotatable bonds is 4. The Bertz CT molecular complexity index is 954.